The Morgan fingerprint density at radius 2 is 2.00 bits per heavy atom. The van der Waals surface area contributed by atoms with Crippen LogP contribution in [0.1, 0.15) is 24.0 Å². The van der Waals surface area contributed by atoms with Gasteiger partial charge in [-0.05, 0) is 11.1 Å². The van der Waals surface area contributed by atoms with Crippen LogP contribution in [0.5, 0.6) is 0 Å². The molecule has 0 saturated carbocycles. The molecule has 0 radical (unpaired) electrons. The van der Waals surface area contributed by atoms with E-state index in [0.29, 0.717) is 0 Å². The Morgan fingerprint density at radius 1 is 1.44 bits per heavy atom. The van der Waals surface area contributed by atoms with Gasteiger partial charge in [0.25, 0.3) is 0 Å². The van der Waals surface area contributed by atoms with Gasteiger partial charge in [0, 0.05) is 12.3 Å². The molecule has 2 atom stereocenters. The molecule has 6 heteroatoms. The van der Waals surface area contributed by atoms with E-state index in [2.05, 4.69) is 0 Å². The first-order valence-corrected chi connectivity index (χ1v) is 6.40. The van der Waals surface area contributed by atoms with E-state index in [-0.39, 0.29) is 24.7 Å². The molecule has 1 aliphatic carbocycles. The van der Waals surface area contributed by atoms with Gasteiger partial charge in [-0.15, -0.1) is 12.4 Å². The maximum Gasteiger partial charge on any atom is 0.346 e. The van der Waals surface area contributed by atoms with Crippen molar-refractivity contribution in [3.8, 4) is 0 Å². The predicted molar refractivity (Wildman–Crippen MR) is 64.8 cm³/mol. The van der Waals surface area contributed by atoms with Gasteiger partial charge in [-0.25, -0.2) is 0 Å². The van der Waals surface area contributed by atoms with Crippen LogP contribution in [0.4, 0.5) is 0 Å². The van der Waals surface area contributed by atoms with Crippen molar-refractivity contribution in [3.63, 3.8) is 0 Å². The van der Waals surface area contributed by atoms with Crippen molar-refractivity contribution < 1.29 is 14.4 Å². The van der Waals surface area contributed by atoms with E-state index in [1.54, 1.807) is 6.92 Å². The first-order valence-electron chi connectivity index (χ1n) is 4.78. The molecular weight excluding hydrogens is 249 g/mol. The highest BCUT2D eigenvalue weighted by molar-refractivity contribution is 7.53. The summed E-state index contributed by atoms with van der Waals surface area (Å²) in [4.78, 5) is 18.6. The van der Waals surface area contributed by atoms with Crippen LogP contribution in [0.2, 0.25) is 0 Å². The zero-order chi connectivity index (χ0) is 11.3. The second kappa shape index (κ2) is 4.13. The monoisotopic (exact) mass is 263 g/mol. The summed E-state index contributed by atoms with van der Waals surface area (Å²) in [6.45, 7) is 1.77. The molecule has 16 heavy (non-hydrogen) atoms. The minimum Gasteiger partial charge on any atom is -0.323 e. The molecule has 2 unspecified atom stereocenters. The van der Waals surface area contributed by atoms with Crippen molar-refractivity contribution in [3.05, 3.63) is 35.4 Å². The third-order valence-electron chi connectivity index (χ3n) is 3.29. The van der Waals surface area contributed by atoms with Crippen molar-refractivity contribution in [1.82, 2.24) is 0 Å². The summed E-state index contributed by atoms with van der Waals surface area (Å²) in [6.07, 6.45) is 0.245. The highest BCUT2D eigenvalue weighted by Gasteiger charge is 2.52. The SMILES string of the molecule is CC1c2ccccc2CC1(N)P(=O)(O)O.Cl. The number of rotatable bonds is 1. The fourth-order valence-corrected chi connectivity index (χ4v) is 3.22. The zero-order valence-corrected chi connectivity index (χ0v) is 10.5. The van der Waals surface area contributed by atoms with Crippen LogP contribution in [-0.2, 0) is 11.0 Å². The van der Waals surface area contributed by atoms with Gasteiger partial charge in [0.05, 0.1) is 0 Å². The van der Waals surface area contributed by atoms with Gasteiger partial charge < -0.3 is 15.5 Å². The summed E-state index contributed by atoms with van der Waals surface area (Å²) in [7, 11) is -4.29. The van der Waals surface area contributed by atoms with Crippen LogP contribution in [0, 0.1) is 0 Å². The number of halogens is 1. The highest BCUT2D eigenvalue weighted by atomic mass is 35.5. The van der Waals surface area contributed by atoms with Crippen LogP contribution in [-0.4, -0.2) is 15.1 Å². The Balaban J connectivity index is 0.00000128. The van der Waals surface area contributed by atoms with Crippen LogP contribution in [0.15, 0.2) is 24.3 Å². The van der Waals surface area contributed by atoms with Crippen LogP contribution < -0.4 is 5.73 Å². The van der Waals surface area contributed by atoms with E-state index >= 15 is 0 Å². The molecule has 0 amide bonds. The topological polar surface area (TPSA) is 83.6 Å². The quantitative estimate of drug-likeness (QED) is 0.672. The highest BCUT2D eigenvalue weighted by Crippen LogP contribution is 2.59. The third kappa shape index (κ3) is 1.81. The summed E-state index contributed by atoms with van der Waals surface area (Å²) in [6, 6.07) is 7.47. The summed E-state index contributed by atoms with van der Waals surface area (Å²) >= 11 is 0. The molecule has 4 nitrogen and oxygen atoms in total. The molecule has 1 aromatic rings. The lowest BCUT2D eigenvalue weighted by molar-refractivity contribution is 0.314. The maximum absolute atomic E-state index is 11.4. The van der Waals surface area contributed by atoms with Gasteiger partial charge in [0.15, 0.2) is 0 Å². The Kier molecular flexibility index (Phi) is 3.53. The Labute approximate surface area is 100 Å². The molecule has 1 aliphatic rings. The van der Waals surface area contributed by atoms with E-state index in [4.69, 9.17) is 5.73 Å². The van der Waals surface area contributed by atoms with Gasteiger partial charge in [-0.2, -0.15) is 0 Å². The van der Waals surface area contributed by atoms with E-state index in [0.717, 1.165) is 11.1 Å². The van der Waals surface area contributed by atoms with Crippen molar-refractivity contribution in [2.75, 3.05) is 0 Å². The fourth-order valence-electron chi connectivity index (χ4n) is 2.20. The molecule has 0 aliphatic heterocycles. The normalized spacial score (nSPS) is 28.4. The molecule has 0 bridgehead atoms. The molecular formula is C10H15ClNO3P. The number of hydrogen-bond acceptors (Lipinski definition) is 2. The van der Waals surface area contributed by atoms with Gasteiger partial charge in [0.2, 0.25) is 0 Å². The maximum atomic E-state index is 11.4. The van der Waals surface area contributed by atoms with Gasteiger partial charge >= 0.3 is 7.60 Å². The second-order valence-corrected chi connectivity index (χ2v) is 6.05. The van der Waals surface area contributed by atoms with E-state index in [1.165, 1.54) is 0 Å². The van der Waals surface area contributed by atoms with E-state index in [9.17, 15) is 14.4 Å². The number of nitrogens with two attached hydrogens (primary N) is 1. The van der Waals surface area contributed by atoms with Crippen LogP contribution >= 0.6 is 20.0 Å². The van der Waals surface area contributed by atoms with Crippen LogP contribution in [0.25, 0.3) is 0 Å². The molecule has 0 fully saturated rings. The number of benzene rings is 1. The molecule has 1 aromatic carbocycles. The second-order valence-electron chi connectivity index (χ2n) is 4.13. The lowest BCUT2D eigenvalue weighted by Gasteiger charge is -2.29. The lowest BCUT2D eigenvalue weighted by Crippen LogP contribution is -2.42. The lowest BCUT2D eigenvalue weighted by atomic mass is 10.0. The standard InChI is InChI=1S/C10H14NO3P.ClH/c1-7-9-5-3-2-4-8(9)6-10(7,11)15(12,13)14;/h2-5,7H,6,11H2,1H3,(H2,12,13,14);1H. The van der Waals surface area contributed by atoms with E-state index < -0.39 is 12.9 Å². The summed E-state index contributed by atoms with van der Waals surface area (Å²) < 4.78 is 11.4. The number of hydrogen-bond donors (Lipinski definition) is 3. The molecule has 90 valence electrons. The number of fused-ring (bicyclic) bond motifs is 1. The fraction of sp³-hybridized carbons (Fsp3) is 0.400. The molecule has 0 heterocycles. The Hall–Kier alpha value is -0.380. The largest absolute Gasteiger partial charge is 0.346 e. The van der Waals surface area contributed by atoms with Crippen molar-refractivity contribution >= 4 is 20.0 Å². The predicted octanol–water partition coefficient (Wildman–Crippen LogP) is 1.60. The minimum atomic E-state index is -4.29. The Morgan fingerprint density at radius 3 is 2.50 bits per heavy atom. The Bertz CT molecular complexity index is 447. The van der Waals surface area contributed by atoms with Crippen molar-refractivity contribution in [2.24, 2.45) is 5.73 Å². The molecule has 2 rings (SSSR count). The van der Waals surface area contributed by atoms with Gasteiger partial charge in [0.1, 0.15) is 5.28 Å². The smallest absolute Gasteiger partial charge is 0.323 e. The van der Waals surface area contributed by atoms with Crippen LogP contribution in [0.3, 0.4) is 0 Å². The van der Waals surface area contributed by atoms with Gasteiger partial charge in [-0.1, -0.05) is 31.2 Å². The first-order chi connectivity index (χ1) is 6.86. The molecule has 0 saturated heterocycles. The van der Waals surface area contributed by atoms with E-state index in [1.807, 2.05) is 24.3 Å². The summed E-state index contributed by atoms with van der Waals surface area (Å²) in [5.74, 6) is -0.311. The van der Waals surface area contributed by atoms with Crippen molar-refractivity contribution in [1.29, 1.82) is 0 Å². The average Bonchev–Trinajstić information content (AvgIpc) is 2.40. The first kappa shape index (κ1) is 13.7. The van der Waals surface area contributed by atoms with Crippen molar-refractivity contribution in [2.45, 2.75) is 24.5 Å². The molecule has 4 N–H and O–H groups in total. The summed E-state index contributed by atoms with van der Waals surface area (Å²) in [5.41, 5.74) is 7.75. The molecule has 0 aromatic heterocycles. The zero-order valence-electron chi connectivity index (χ0n) is 8.83. The molecule has 0 spiro atoms. The van der Waals surface area contributed by atoms with Gasteiger partial charge in [-0.3, -0.25) is 4.57 Å². The average molecular weight is 264 g/mol. The minimum absolute atomic E-state index is 0. The summed E-state index contributed by atoms with van der Waals surface area (Å²) in [5, 5.41) is -1.43. The third-order valence-corrected chi connectivity index (χ3v) is 4.92.